The number of nitrogen functional groups attached to an aromatic ring is 2. The highest BCUT2D eigenvalue weighted by Gasteiger charge is 2.32. The van der Waals surface area contributed by atoms with Crippen molar-refractivity contribution >= 4 is 40.1 Å². The number of nitriles is 1. The van der Waals surface area contributed by atoms with Gasteiger partial charge < -0.3 is 16.8 Å². The number of hydrogen-bond acceptors (Lipinski definition) is 8. The minimum atomic E-state index is -4.88. The van der Waals surface area contributed by atoms with Crippen LogP contribution in [0.2, 0.25) is 5.02 Å². The Morgan fingerprint density at radius 2 is 1.89 bits per heavy atom. The third kappa shape index (κ3) is 4.46. The number of fused-ring (bicyclic) bond motifs is 1. The standard InChI is InChI=1S/C22H15ClF4N8O/c1-9(31-18-13(8-28)17(29)33-21(30)34-18)19-32-15-4-2-3-14(23)16(15)20(36)35(19)12-6-10(22(25,26)27)5-11(24)7-12/h2-7,9H,1H3,(H5,29,30,31,33,34). The van der Waals surface area contributed by atoms with Crippen LogP contribution >= 0.6 is 11.6 Å². The Labute approximate surface area is 205 Å². The van der Waals surface area contributed by atoms with E-state index in [1.165, 1.54) is 25.1 Å². The quantitative estimate of drug-likeness (QED) is 0.340. The van der Waals surface area contributed by atoms with Crippen molar-refractivity contribution in [1.29, 1.82) is 5.26 Å². The second kappa shape index (κ2) is 8.97. The largest absolute Gasteiger partial charge is 0.416 e. The molecule has 2 heterocycles. The van der Waals surface area contributed by atoms with Gasteiger partial charge in [0.2, 0.25) is 5.95 Å². The molecule has 0 saturated heterocycles. The average Bonchev–Trinajstić information content (AvgIpc) is 2.77. The summed E-state index contributed by atoms with van der Waals surface area (Å²) in [6, 6.07) is 6.96. The summed E-state index contributed by atoms with van der Waals surface area (Å²) in [6.07, 6.45) is -4.88. The smallest absolute Gasteiger partial charge is 0.382 e. The molecular formula is C22H15ClF4N8O. The minimum Gasteiger partial charge on any atom is -0.382 e. The third-order valence-corrected chi connectivity index (χ3v) is 5.46. The Hall–Kier alpha value is -4.44. The lowest BCUT2D eigenvalue weighted by Gasteiger charge is -2.21. The Bertz CT molecular complexity index is 1610. The average molecular weight is 519 g/mol. The van der Waals surface area contributed by atoms with E-state index in [1.54, 1.807) is 0 Å². The first kappa shape index (κ1) is 24.7. The summed E-state index contributed by atoms with van der Waals surface area (Å²) in [6.45, 7) is 1.49. The molecule has 2 aromatic heterocycles. The van der Waals surface area contributed by atoms with E-state index in [2.05, 4.69) is 20.3 Å². The van der Waals surface area contributed by atoms with Crippen molar-refractivity contribution in [3.05, 3.63) is 74.5 Å². The molecule has 0 saturated carbocycles. The number of rotatable bonds is 4. The van der Waals surface area contributed by atoms with Crippen LogP contribution in [-0.2, 0) is 6.18 Å². The molecule has 36 heavy (non-hydrogen) atoms. The molecule has 5 N–H and O–H groups in total. The van der Waals surface area contributed by atoms with E-state index in [4.69, 9.17) is 23.1 Å². The summed E-state index contributed by atoms with van der Waals surface area (Å²) in [7, 11) is 0. The molecule has 184 valence electrons. The summed E-state index contributed by atoms with van der Waals surface area (Å²) in [5.41, 5.74) is 8.76. The predicted molar refractivity (Wildman–Crippen MR) is 125 cm³/mol. The van der Waals surface area contributed by atoms with Crippen molar-refractivity contribution in [2.45, 2.75) is 19.1 Å². The summed E-state index contributed by atoms with van der Waals surface area (Å²) in [5, 5.41) is 12.2. The molecule has 14 heteroatoms. The van der Waals surface area contributed by atoms with Gasteiger partial charge in [0.15, 0.2) is 5.82 Å². The van der Waals surface area contributed by atoms with Crippen LogP contribution in [0.25, 0.3) is 16.6 Å². The van der Waals surface area contributed by atoms with Crippen LogP contribution in [0.1, 0.15) is 29.9 Å². The Morgan fingerprint density at radius 3 is 2.56 bits per heavy atom. The molecule has 2 aromatic carbocycles. The van der Waals surface area contributed by atoms with Crippen LogP contribution in [0, 0.1) is 17.1 Å². The molecule has 0 radical (unpaired) electrons. The maximum Gasteiger partial charge on any atom is 0.416 e. The zero-order valence-electron chi connectivity index (χ0n) is 18.2. The van der Waals surface area contributed by atoms with Gasteiger partial charge in [-0.2, -0.15) is 28.4 Å². The van der Waals surface area contributed by atoms with Crippen molar-refractivity contribution in [3.63, 3.8) is 0 Å². The third-order valence-electron chi connectivity index (χ3n) is 5.15. The van der Waals surface area contributed by atoms with Gasteiger partial charge in [0, 0.05) is 0 Å². The lowest BCUT2D eigenvalue weighted by Crippen LogP contribution is -2.28. The minimum absolute atomic E-state index is 0.00137. The van der Waals surface area contributed by atoms with E-state index in [9.17, 15) is 27.6 Å². The maximum absolute atomic E-state index is 14.3. The molecule has 0 fully saturated rings. The summed E-state index contributed by atoms with van der Waals surface area (Å²) >= 11 is 6.19. The highest BCUT2D eigenvalue weighted by atomic mass is 35.5. The van der Waals surface area contributed by atoms with Crippen molar-refractivity contribution in [2.75, 3.05) is 16.8 Å². The van der Waals surface area contributed by atoms with Crippen molar-refractivity contribution < 1.29 is 17.6 Å². The Morgan fingerprint density at radius 1 is 1.17 bits per heavy atom. The van der Waals surface area contributed by atoms with Crippen LogP contribution in [0.3, 0.4) is 0 Å². The first-order valence-corrected chi connectivity index (χ1v) is 10.5. The van der Waals surface area contributed by atoms with Gasteiger partial charge in [0.25, 0.3) is 5.56 Å². The Balaban J connectivity index is 2.00. The molecule has 1 unspecified atom stereocenters. The number of nitrogens with one attached hydrogen (secondary N) is 1. The SMILES string of the molecule is CC(Nc1nc(N)nc(N)c1C#N)c1nc2cccc(Cl)c2c(=O)n1-c1cc(F)cc(C(F)(F)F)c1. The first-order chi connectivity index (χ1) is 16.9. The molecular weight excluding hydrogens is 504 g/mol. The number of benzene rings is 2. The van der Waals surface area contributed by atoms with Crippen molar-refractivity contribution in [1.82, 2.24) is 19.5 Å². The predicted octanol–water partition coefficient (Wildman–Crippen LogP) is 4.20. The molecule has 0 aliphatic carbocycles. The normalized spacial score (nSPS) is 12.4. The molecule has 9 nitrogen and oxygen atoms in total. The number of halogens is 5. The molecule has 1 atom stereocenters. The number of anilines is 3. The van der Waals surface area contributed by atoms with Gasteiger partial charge in [-0.05, 0) is 37.3 Å². The van der Waals surface area contributed by atoms with Gasteiger partial charge in [-0.3, -0.25) is 9.36 Å². The van der Waals surface area contributed by atoms with Gasteiger partial charge in [0.05, 0.1) is 33.2 Å². The fourth-order valence-corrected chi connectivity index (χ4v) is 3.84. The molecule has 4 rings (SSSR count). The molecule has 0 spiro atoms. The van der Waals surface area contributed by atoms with E-state index in [1.807, 2.05) is 6.07 Å². The van der Waals surface area contributed by atoms with Crippen LogP contribution in [-0.4, -0.2) is 19.5 Å². The summed E-state index contributed by atoms with van der Waals surface area (Å²) in [4.78, 5) is 25.6. The molecule has 4 aromatic rings. The van der Waals surface area contributed by atoms with E-state index in [0.717, 1.165) is 10.6 Å². The van der Waals surface area contributed by atoms with Gasteiger partial charge in [0.1, 0.15) is 29.1 Å². The van der Waals surface area contributed by atoms with Crippen LogP contribution < -0.4 is 22.3 Å². The van der Waals surface area contributed by atoms with Gasteiger partial charge in [-0.1, -0.05) is 17.7 Å². The van der Waals surface area contributed by atoms with E-state index in [0.29, 0.717) is 12.1 Å². The highest BCUT2D eigenvalue weighted by Crippen LogP contribution is 2.32. The van der Waals surface area contributed by atoms with E-state index in [-0.39, 0.29) is 44.9 Å². The zero-order chi connectivity index (χ0) is 26.4. The number of hydrogen-bond donors (Lipinski definition) is 3. The van der Waals surface area contributed by atoms with E-state index >= 15 is 0 Å². The van der Waals surface area contributed by atoms with Gasteiger partial charge in [-0.15, -0.1) is 0 Å². The number of alkyl halides is 3. The zero-order valence-corrected chi connectivity index (χ0v) is 19.0. The molecule has 0 amide bonds. The van der Waals surface area contributed by atoms with Crippen LogP contribution in [0.4, 0.5) is 35.1 Å². The molecule has 0 aliphatic heterocycles. The van der Waals surface area contributed by atoms with Gasteiger partial charge in [-0.25, -0.2) is 9.37 Å². The van der Waals surface area contributed by atoms with E-state index < -0.39 is 34.8 Å². The van der Waals surface area contributed by atoms with Crippen LogP contribution in [0.5, 0.6) is 0 Å². The maximum atomic E-state index is 14.3. The fraction of sp³-hybridized carbons (Fsp3) is 0.136. The number of nitrogens with two attached hydrogens (primary N) is 2. The van der Waals surface area contributed by atoms with Crippen molar-refractivity contribution in [3.8, 4) is 11.8 Å². The highest BCUT2D eigenvalue weighted by molar-refractivity contribution is 6.35. The van der Waals surface area contributed by atoms with Crippen molar-refractivity contribution in [2.24, 2.45) is 0 Å². The lowest BCUT2D eigenvalue weighted by atomic mass is 10.1. The van der Waals surface area contributed by atoms with Gasteiger partial charge >= 0.3 is 6.18 Å². The summed E-state index contributed by atoms with van der Waals surface area (Å²) in [5.74, 6) is -1.92. The second-order valence-electron chi connectivity index (χ2n) is 7.61. The molecule has 0 bridgehead atoms. The topological polar surface area (TPSA) is 149 Å². The molecule has 0 aliphatic rings. The fourth-order valence-electron chi connectivity index (χ4n) is 3.59. The number of aromatic nitrogens is 4. The summed E-state index contributed by atoms with van der Waals surface area (Å²) < 4.78 is 55.3. The van der Waals surface area contributed by atoms with Crippen LogP contribution in [0.15, 0.2) is 41.2 Å². The first-order valence-electron chi connectivity index (χ1n) is 10.1. The lowest BCUT2D eigenvalue weighted by molar-refractivity contribution is -0.137. The Kier molecular flexibility index (Phi) is 6.15. The number of nitrogens with zero attached hydrogens (tertiary/aromatic N) is 5. The second-order valence-corrected chi connectivity index (χ2v) is 8.02. The monoisotopic (exact) mass is 518 g/mol.